The number of nitrogens with one attached hydrogen (secondary N) is 1. The first-order chi connectivity index (χ1) is 23.4. The number of pyridine rings is 1. The van der Waals surface area contributed by atoms with E-state index in [-0.39, 0.29) is 5.54 Å². The predicted molar refractivity (Wildman–Crippen MR) is 157 cm³/mol. The maximum Gasteiger partial charge on any atom is 0.490 e. The highest BCUT2D eigenvalue weighted by atomic mass is 19.4. The van der Waals surface area contributed by atoms with Crippen LogP contribution in [0.15, 0.2) is 42.6 Å². The second-order valence-electron chi connectivity index (χ2n) is 10.5. The van der Waals surface area contributed by atoms with Gasteiger partial charge >= 0.3 is 36.4 Å². The molecule has 0 radical (unpaired) electrons. The minimum atomic E-state index is -5.08. The summed E-state index contributed by atoms with van der Waals surface area (Å²) in [4.78, 5) is 38.5. The number of rotatable bonds is 4. The molecule has 0 saturated carbocycles. The summed E-state index contributed by atoms with van der Waals surface area (Å²) in [6.07, 6.45) is -11.2. The summed E-state index contributed by atoms with van der Waals surface area (Å²) in [5.74, 6) is -4.94. The zero-order valence-electron chi connectivity index (χ0n) is 26.7. The van der Waals surface area contributed by atoms with Crippen molar-refractivity contribution in [3.63, 3.8) is 0 Å². The van der Waals surface area contributed by atoms with Gasteiger partial charge in [0.1, 0.15) is 11.6 Å². The second kappa shape index (κ2) is 16.6. The number of likely N-dealkylation sites (tertiary alicyclic amines) is 1. The van der Waals surface area contributed by atoms with Crippen LogP contribution < -0.4 is 14.8 Å². The van der Waals surface area contributed by atoms with Gasteiger partial charge < -0.3 is 30.1 Å². The first-order valence-electron chi connectivity index (χ1n) is 14.1. The maximum absolute atomic E-state index is 10.6. The zero-order chi connectivity index (χ0) is 38.9. The molecule has 4 N–H and O–H groups in total. The summed E-state index contributed by atoms with van der Waals surface area (Å²) in [6, 6.07) is 12.3. The third-order valence-corrected chi connectivity index (χ3v) is 7.08. The lowest BCUT2D eigenvalue weighted by Crippen LogP contribution is -2.49. The number of benzene rings is 1. The Kier molecular flexibility index (Phi) is 13.6. The number of fused-ring (bicyclic) bond motifs is 4. The molecule has 5 rings (SSSR count). The second-order valence-corrected chi connectivity index (χ2v) is 10.5. The standard InChI is InChI=1S/C23H27N5O2.3C2HF3O2/c1-16-24-14-20-23(26-19-8-9-21(30-3)25-22(19)28(16)20)10-12-27(13-11-23)15-17-4-6-18(29-2)7-5-17;3*3-2(4,5)1(6)7/h4-9,14,26H,10-13,15H2,1-3H3;3*(H,6,7). The Morgan fingerprint density at radius 1 is 0.804 bits per heavy atom. The number of hydrogen-bond acceptors (Lipinski definition) is 9. The largest absolute Gasteiger partial charge is 0.497 e. The molecule has 0 atom stereocenters. The van der Waals surface area contributed by atoms with Crippen LogP contribution in [0, 0.1) is 6.92 Å². The highest BCUT2D eigenvalue weighted by Gasteiger charge is 2.43. The van der Waals surface area contributed by atoms with Gasteiger partial charge in [-0.1, -0.05) is 12.1 Å². The zero-order valence-corrected chi connectivity index (χ0v) is 26.7. The SMILES string of the molecule is COc1ccc(CN2CCC3(CC2)Nc2ccc(OC)nc2-n2c3cnc2C)cc1.O=C(O)C(F)(F)F.O=C(O)C(F)(F)F.O=C(O)C(F)(F)F. The van der Waals surface area contributed by atoms with Gasteiger partial charge in [0.2, 0.25) is 5.88 Å². The van der Waals surface area contributed by atoms with Crippen molar-refractivity contribution in [1.29, 1.82) is 0 Å². The van der Waals surface area contributed by atoms with E-state index in [9.17, 15) is 39.5 Å². The maximum atomic E-state index is 10.6. The summed E-state index contributed by atoms with van der Waals surface area (Å²) in [7, 11) is 3.35. The van der Waals surface area contributed by atoms with Gasteiger partial charge in [-0.05, 0) is 43.5 Å². The third-order valence-electron chi connectivity index (χ3n) is 7.08. The minimum absolute atomic E-state index is 0.124. The van der Waals surface area contributed by atoms with Crippen molar-refractivity contribution in [1.82, 2.24) is 19.4 Å². The first kappa shape index (κ1) is 41.9. The monoisotopic (exact) mass is 747 g/mol. The topological polar surface area (TPSA) is 176 Å². The molecule has 2 aliphatic heterocycles. The highest BCUT2D eigenvalue weighted by Crippen LogP contribution is 2.43. The lowest BCUT2D eigenvalue weighted by atomic mass is 9.82. The van der Waals surface area contributed by atoms with Crippen LogP contribution in [0.5, 0.6) is 11.6 Å². The number of nitrogens with zero attached hydrogens (tertiary/aromatic N) is 4. The summed E-state index contributed by atoms with van der Waals surface area (Å²) < 4.78 is 108. The Morgan fingerprint density at radius 2 is 1.27 bits per heavy atom. The molecule has 4 heterocycles. The van der Waals surface area contributed by atoms with E-state index in [1.54, 1.807) is 14.2 Å². The lowest BCUT2D eigenvalue weighted by molar-refractivity contribution is -0.193. The summed E-state index contributed by atoms with van der Waals surface area (Å²) in [6.45, 7) is 5.02. The number of aryl methyl sites for hydroxylation is 1. The molecule has 13 nitrogen and oxygen atoms in total. The van der Waals surface area contributed by atoms with Gasteiger partial charge in [0.15, 0.2) is 5.82 Å². The average Bonchev–Trinajstić information content (AvgIpc) is 3.44. The van der Waals surface area contributed by atoms with Crippen molar-refractivity contribution >= 4 is 23.6 Å². The van der Waals surface area contributed by atoms with Crippen LogP contribution in [-0.4, -0.2) is 98.5 Å². The van der Waals surface area contributed by atoms with Crippen LogP contribution in [0.25, 0.3) is 5.82 Å². The van der Waals surface area contributed by atoms with Crippen LogP contribution in [-0.2, 0) is 26.5 Å². The molecule has 1 saturated heterocycles. The van der Waals surface area contributed by atoms with Crippen LogP contribution in [0.1, 0.15) is 29.9 Å². The Balaban J connectivity index is 0.000000352. The quantitative estimate of drug-likeness (QED) is 0.250. The Bertz CT molecular complexity index is 1590. The molecule has 2 aliphatic rings. The Morgan fingerprint density at radius 3 is 1.69 bits per heavy atom. The number of anilines is 1. The number of carboxylic acids is 3. The number of imidazole rings is 1. The number of aromatic nitrogens is 3. The van der Waals surface area contributed by atoms with Crippen LogP contribution >= 0.6 is 0 Å². The number of aliphatic carboxylic acids is 3. The normalized spacial score (nSPS) is 14.7. The molecular formula is C29H30F9N5O8. The number of halogens is 9. The van der Waals surface area contributed by atoms with E-state index < -0.39 is 36.4 Å². The van der Waals surface area contributed by atoms with Crippen molar-refractivity contribution in [2.45, 2.75) is 50.4 Å². The number of hydrogen-bond donors (Lipinski definition) is 4. The number of carbonyl (C=O) groups is 3. The molecule has 282 valence electrons. The molecule has 1 spiro atoms. The number of alkyl halides is 9. The van der Waals surface area contributed by atoms with E-state index in [1.165, 1.54) is 11.3 Å². The van der Waals surface area contributed by atoms with E-state index >= 15 is 0 Å². The molecule has 51 heavy (non-hydrogen) atoms. The summed E-state index contributed by atoms with van der Waals surface area (Å²) >= 11 is 0. The number of methoxy groups -OCH3 is 2. The fraction of sp³-hybridized carbons (Fsp3) is 0.414. The molecule has 0 amide bonds. The number of piperidine rings is 1. The number of ether oxygens (including phenoxy) is 2. The van der Waals surface area contributed by atoms with E-state index in [0.717, 1.165) is 55.6 Å². The molecular weight excluding hydrogens is 717 g/mol. The Hall–Kier alpha value is -5.28. The van der Waals surface area contributed by atoms with Crippen LogP contribution in [0.3, 0.4) is 0 Å². The third kappa shape index (κ3) is 11.6. The van der Waals surface area contributed by atoms with Gasteiger partial charge in [-0.2, -0.15) is 44.5 Å². The van der Waals surface area contributed by atoms with E-state index in [4.69, 9.17) is 39.2 Å². The molecule has 22 heteroatoms. The van der Waals surface area contributed by atoms with Gasteiger partial charge in [-0.3, -0.25) is 9.47 Å². The fourth-order valence-corrected chi connectivity index (χ4v) is 4.65. The van der Waals surface area contributed by atoms with Crippen molar-refractivity contribution in [3.05, 3.63) is 59.7 Å². The predicted octanol–water partition coefficient (Wildman–Crippen LogP) is 5.41. The average molecular weight is 748 g/mol. The van der Waals surface area contributed by atoms with E-state index in [0.29, 0.717) is 5.88 Å². The lowest BCUT2D eigenvalue weighted by Gasteiger charge is -2.45. The molecule has 0 bridgehead atoms. The molecule has 1 aromatic carbocycles. The molecule has 2 aromatic heterocycles. The fourth-order valence-electron chi connectivity index (χ4n) is 4.65. The molecule has 1 fully saturated rings. The van der Waals surface area contributed by atoms with Crippen molar-refractivity contribution < 1.29 is 78.7 Å². The molecule has 0 unspecified atom stereocenters. The van der Waals surface area contributed by atoms with Gasteiger partial charge in [-0.25, -0.2) is 19.4 Å². The molecule has 3 aromatic rings. The van der Waals surface area contributed by atoms with Crippen molar-refractivity contribution in [2.75, 3.05) is 32.6 Å². The molecule has 0 aliphatic carbocycles. The Labute approximate surface area is 282 Å². The van der Waals surface area contributed by atoms with Crippen molar-refractivity contribution in [3.8, 4) is 17.4 Å². The number of carboxylic acid groups (broad SMARTS) is 3. The highest BCUT2D eigenvalue weighted by molar-refractivity contribution is 5.73. The smallest absolute Gasteiger partial charge is 0.490 e. The van der Waals surface area contributed by atoms with Gasteiger partial charge in [0.05, 0.1) is 37.3 Å². The van der Waals surface area contributed by atoms with Crippen LogP contribution in [0.4, 0.5) is 45.2 Å². The van der Waals surface area contributed by atoms with E-state index in [1.807, 2.05) is 31.3 Å². The van der Waals surface area contributed by atoms with Gasteiger partial charge in [-0.15, -0.1) is 0 Å². The summed E-state index contributed by atoms with van der Waals surface area (Å²) in [5, 5.41) is 25.2. The van der Waals surface area contributed by atoms with Crippen molar-refractivity contribution in [2.24, 2.45) is 0 Å². The van der Waals surface area contributed by atoms with Gasteiger partial charge in [0, 0.05) is 25.7 Å². The summed E-state index contributed by atoms with van der Waals surface area (Å²) in [5.41, 5.74) is 3.41. The van der Waals surface area contributed by atoms with Crippen LogP contribution in [0.2, 0.25) is 0 Å². The minimum Gasteiger partial charge on any atom is -0.497 e. The van der Waals surface area contributed by atoms with Gasteiger partial charge in [0.25, 0.3) is 0 Å². The van der Waals surface area contributed by atoms with E-state index in [2.05, 4.69) is 43.0 Å². The first-order valence-corrected chi connectivity index (χ1v) is 14.1.